The number of rotatable bonds is 4. The molecule has 0 unspecified atom stereocenters. The molecule has 0 aromatic heterocycles. The lowest BCUT2D eigenvalue weighted by Crippen LogP contribution is -1.92. The van der Waals surface area contributed by atoms with E-state index in [4.69, 9.17) is 0 Å². The summed E-state index contributed by atoms with van der Waals surface area (Å²) in [7, 11) is 0. The van der Waals surface area contributed by atoms with E-state index in [2.05, 4.69) is 48.7 Å². The zero-order valence-electron chi connectivity index (χ0n) is 9.87. The lowest BCUT2D eigenvalue weighted by molar-refractivity contribution is 0.735. The summed E-state index contributed by atoms with van der Waals surface area (Å²) in [5.74, 6) is 0. The summed E-state index contributed by atoms with van der Waals surface area (Å²) in [4.78, 5) is 0. The average molecular weight is 213 g/mol. The minimum Gasteiger partial charge on any atom is -0.361 e. The normalized spacial score (nSPS) is 13.7. The Morgan fingerprint density at radius 2 is 2.00 bits per heavy atom. The molecule has 0 atom stereocenters. The number of fused-ring (bicyclic) bond motifs is 1. The Morgan fingerprint density at radius 1 is 1.12 bits per heavy atom. The van der Waals surface area contributed by atoms with Gasteiger partial charge in [0.05, 0.1) is 0 Å². The molecule has 16 heavy (non-hydrogen) atoms. The Morgan fingerprint density at radius 3 is 2.88 bits per heavy atom. The van der Waals surface area contributed by atoms with Crippen molar-refractivity contribution in [3.63, 3.8) is 0 Å². The van der Waals surface area contributed by atoms with E-state index in [1.165, 1.54) is 42.5 Å². The van der Waals surface area contributed by atoms with Gasteiger partial charge in [-0.1, -0.05) is 44.0 Å². The summed E-state index contributed by atoms with van der Waals surface area (Å²) >= 11 is 0. The first-order chi connectivity index (χ1) is 7.92. The van der Waals surface area contributed by atoms with Gasteiger partial charge >= 0.3 is 0 Å². The Hall–Kier alpha value is -1.50. The van der Waals surface area contributed by atoms with Crippen LogP contribution in [0.2, 0.25) is 0 Å². The third-order valence-electron chi connectivity index (χ3n) is 2.96. The minimum absolute atomic E-state index is 1.18. The first-order valence-electron chi connectivity index (χ1n) is 6.13. The molecule has 1 aromatic rings. The van der Waals surface area contributed by atoms with Crippen LogP contribution in [0.1, 0.15) is 38.2 Å². The topological polar surface area (TPSA) is 12.0 Å². The molecule has 1 aliphatic heterocycles. The zero-order chi connectivity index (χ0) is 11.2. The van der Waals surface area contributed by atoms with Gasteiger partial charge in [-0.2, -0.15) is 0 Å². The third-order valence-corrected chi connectivity index (χ3v) is 2.96. The molecule has 1 aliphatic rings. The highest BCUT2D eigenvalue weighted by atomic mass is 14.8. The van der Waals surface area contributed by atoms with Crippen LogP contribution < -0.4 is 5.32 Å². The van der Waals surface area contributed by atoms with E-state index in [9.17, 15) is 0 Å². The van der Waals surface area contributed by atoms with Gasteiger partial charge in [0.1, 0.15) is 0 Å². The van der Waals surface area contributed by atoms with Crippen molar-refractivity contribution in [3.05, 3.63) is 48.2 Å². The lowest BCUT2D eigenvalue weighted by Gasteiger charge is -2.10. The van der Waals surface area contributed by atoms with E-state index < -0.39 is 0 Å². The predicted molar refractivity (Wildman–Crippen MR) is 71.3 cm³/mol. The molecule has 1 aromatic carbocycles. The molecule has 0 amide bonds. The average Bonchev–Trinajstić information content (AvgIpc) is 2.52. The molecule has 0 spiro atoms. The Balaban J connectivity index is 2.18. The highest BCUT2D eigenvalue weighted by Crippen LogP contribution is 2.29. The van der Waals surface area contributed by atoms with Crippen molar-refractivity contribution in [2.24, 2.45) is 0 Å². The van der Waals surface area contributed by atoms with E-state index in [-0.39, 0.29) is 0 Å². The fourth-order valence-corrected chi connectivity index (χ4v) is 2.06. The second kappa shape index (κ2) is 5.55. The van der Waals surface area contributed by atoms with Gasteiger partial charge in [0.25, 0.3) is 0 Å². The zero-order valence-corrected chi connectivity index (χ0v) is 9.87. The van der Waals surface area contributed by atoms with Crippen molar-refractivity contribution in [2.45, 2.75) is 32.6 Å². The van der Waals surface area contributed by atoms with Crippen LogP contribution in [0.5, 0.6) is 0 Å². The highest BCUT2D eigenvalue weighted by Gasteiger charge is 2.07. The fourth-order valence-electron chi connectivity index (χ4n) is 2.06. The summed E-state index contributed by atoms with van der Waals surface area (Å²) in [6.45, 7) is 2.25. The van der Waals surface area contributed by atoms with Crippen molar-refractivity contribution in [3.8, 4) is 0 Å². The maximum absolute atomic E-state index is 3.31. The van der Waals surface area contributed by atoms with Crippen molar-refractivity contribution >= 4 is 11.3 Å². The number of allylic oxidation sites excluding steroid dienone is 3. The summed E-state index contributed by atoms with van der Waals surface area (Å²) in [6, 6.07) is 8.53. The maximum atomic E-state index is 3.31. The van der Waals surface area contributed by atoms with Crippen LogP contribution >= 0.6 is 0 Å². The van der Waals surface area contributed by atoms with Crippen LogP contribution in [0.25, 0.3) is 5.57 Å². The van der Waals surface area contributed by atoms with Crippen LogP contribution in [0.4, 0.5) is 5.69 Å². The fraction of sp³-hybridized carbons (Fsp3) is 0.333. The van der Waals surface area contributed by atoms with Gasteiger partial charge in [-0.25, -0.2) is 0 Å². The number of benzene rings is 1. The number of hydrogen-bond donors (Lipinski definition) is 1. The molecule has 0 aliphatic carbocycles. The van der Waals surface area contributed by atoms with Gasteiger partial charge in [-0.3, -0.25) is 0 Å². The van der Waals surface area contributed by atoms with E-state index in [1.54, 1.807) is 0 Å². The monoisotopic (exact) mass is 213 g/mol. The van der Waals surface area contributed by atoms with Crippen LogP contribution in [0.15, 0.2) is 42.6 Å². The van der Waals surface area contributed by atoms with Crippen LogP contribution in [0, 0.1) is 0 Å². The molecule has 0 saturated heterocycles. The maximum Gasteiger partial charge on any atom is 0.0456 e. The number of unbranched alkanes of at least 4 members (excludes halogenated alkanes) is 2. The summed E-state index contributed by atoms with van der Waals surface area (Å²) in [5, 5.41) is 3.31. The minimum atomic E-state index is 1.18. The van der Waals surface area contributed by atoms with Crippen molar-refractivity contribution < 1.29 is 0 Å². The second-order valence-corrected chi connectivity index (χ2v) is 4.20. The van der Waals surface area contributed by atoms with Crippen molar-refractivity contribution in [1.82, 2.24) is 0 Å². The summed E-state index contributed by atoms with van der Waals surface area (Å²) in [5.41, 5.74) is 4.02. The molecule has 1 nitrogen and oxygen atoms in total. The number of nitrogens with one attached hydrogen (secondary N) is 1. The Bertz CT molecular complexity index is 402. The van der Waals surface area contributed by atoms with Gasteiger partial charge in [0.2, 0.25) is 0 Å². The first-order valence-corrected chi connectivity index (χ1v) is 6.13. The van der Waals surface area contributed by atoms with Crippen molar-refractivity contribution in [2.75, 3.05) is 5.32 Å². The number of para-hydroxylation sites is 1. The molecule has 0 bridgehead atoms. The van der Waals surface area contributed by atoms with E-state index in [0.29, 0.717) is 0 Å². The summed E-state index contributed by atoms with van der Waals surface area (Å²) < 4.78 is 0. The van der Waals surface area contributed by atoms with Crippen LogP contribution in [0.3, 0.4) is 0 Å². The molecular formula is C15H19N. The second-order valence-electron chi connectivity index (χ2n) is 4.20. The van der Waals surface area contributed by atoms with E-state index in [1.807, 2.05) is 6.20 Å². The van der Waals surface area contributed by atoms with Crippen LogP contribution in [-0.2, 0) is 0 Å². The Kier molecular flexibility index (Phi) is 3.81. The van der Waals surface area contributed by atoms with Gasteiger partial charge in [-0.05, 0) is 30.6 Å². The molecule has 84 valence electrons. The largest absolute Gasteiger partial charge is 0.361 e. The van der Waals surface area contributed by atoms with Gasteiger partial charge in [0, 0.05) is 17.5 Å². The Labute approximate surface area is 97.9 Å². The predicted octanol–water partition coefficient (Wildman–Crippen LogP) is 4.59. The molecular weight excluding hydrogens is 194 g/mol. The molecule has 2 rings (SSSR count). The smallest absolute Gasteiger partial charge is 0.0456 e. The summed E-state index contributed by atoms with van der Waals surface area (Å²) in [6.07, 6.45) is 11.4. The SMILES string of the molecule is CCCCCC1=CC=CNc2ccccc21. The first kappa shape index (κ1) is 11.0. The van der Waals surface area contributed by atoms with Gasteiger partial charge in [-0.15, -0.1) is 0 Å². The third kappa shape index (κ3) is 2.54. The van der Waals surface area contributed by atoms with E-state index >= 15 is 0 Å². The van der Waals surface area contributed by atoms with Crippen LogP contribution in [-0.4, -0.2) is 0 Å². The molecule has 0 fully saturated rings. The van der Waals surface area contributed by atoms with Gasteiger partial charge in [0.15, 0.2) is 0 Å². The molecule has 0 saturated carbocycles. The highest BCUT2D eigenvalue weighted by molar-refractivity contribution is 5.79. The molecule has 1 heteroatoms. The molecule has 1 heterocycles. The lowest BCUT2D eigenvalue weighted by atomic mass is 9.98. The number of hydrogen-bond acceptors (Lipinski definition) is 1. The standard InChI is InChI=1S/C15H19N/c1-2-3-4-8-13-9-7-12-16-15-11-6-5-10-14(13)15/h5-7,9-12,16H,2-4,8H2,1H3. The molecule has 1 N–H and O–H groups in total. The molecule has 0 radical (unpaired) electrons. The number of anilines is 1. The van der Waals surface area contributed by atoms with E-state index in [0.717, 1.165) is 0 Å². The quantitative estimate of drug-likeness (QED) is 0.721. The van der Waals surface area contributed by atoms with Crippen molar-refractivity contribution in [1.29, 1.82) is 0 Å². The van der Waals surface area contributed by atoms with Gasteiger partial charge < -0.3 is 5.32 Å².